The Balaban J connectivity index is 0.00000161. The van der Waals surface area contributed by atoms with Gasteiger partial charge in [0, 0.05) is 12.7 Å². The molecule has 0 radical (unpaired) electrons. The maximum Gasteiger partial charge on any atom is 0.262 e. The van der Waals surface area contributed by atoms with Crippen LogP contribution < -0.4 is 16.6 Å². The minimum absolute atomic E-state index is 0. The zero-order chi connectivity index (χ0) is 14.3. The highest BCUT2D eigenvalue weighted by Gasteiger charge is 2.27. The van der Waals surface area contributed by atoms with E-state index in [2.05, 4.69) is 20.3 Å². The van der Waals surface area contributed by atoms with Crippen molar-refractivity contribution < 1.29 is 10.2 Å². The molecule has 3 rings (SSSR count). The lowest BCUT2D eigenvalue weighted by atomic mass is 10.1. The number of anilines is 1. The zero-order valence-electron chi connectivity index (χ0n) is 10.9. The van der Waals surface area contributed by atoms with E-state index < -0.39 is 12.2 Å². The van der Waals surface area contributed by atoms with E-state index in [1.165, 1.54) is 6.08 Å². The molecule has 0 aromatic carbocycles. The van der Waals surface area contributed by atoms with Gasteiger partial charge in [-0.05, 0) is 5.56 Å². The fourth-order valence-electron chi connectivity index (χ4n) is 2.35. The smallest absolute Gasteiger partial charge is 0.262 e. The largest absolute Gasteiger partial charge is 0.388 e. The Hall–Kier alpha value is -1.87. The number of hydrogen-bond donors (Lipinski definition) is 6. The summed E-state index contributed by atoms with van der Waals surface area (Å²) < 4.78 is 0. The van der Waals surface area contributed by atoms with Crippen LogP contribution in [0.25, 0.3) is 11.0 Å². The second kappa shape index (κ2) is 5.86. The summed E-state index contributed by atoms with van der Waals surface area (Å²) in [5, 5.41) is 22.6. The first-order chi connectivity index (χ1) is 9.56. The number of nitrogens with two attached hydrogens (primary N) is 1. The van der Waals surface area contributed by atoms with Gasteiger partial charge in [0.2, 0.25) is 5.95 Å². The molecule has 9 heteroatoms. The predicted octanol–water partition coefficient (Wildman–Crippen LogP) is -0.995. The fourth-order valence-corrected chi connectivity index (χ4v) is 2.35. The van der Waals surface area contributed by atoms with Crippen LogP contribution in [0.2, 0.25) is 0 Å². The van der Waals surface area contributed by atoms with Crippen molar-refractivity contribution in [1.29, 1.82) is 0 Å². The topological polar surface area (TPSA) is 140 Å². The summed E-state index contributed by atoms with van der Waals surface area (Å²) in [4.78, 5) is 21.2. The number of aromatic nitrogens is 3. The van der Waals surface area contributed by atoms with Gasteiger partial charge in [-0.2, -0.15) is 4.98 Å². The first kappa shape index (κ1) is 15.5. The van der Waals surface area contributed by atoms with Crippen molar-refractivity contribution in [3.63, 3.8) is 0 Å². The maximum atomic E-state index is 11.9. The number of aromatic amines is 2. The number of aliphatic hydroxyl groups excluding tert-OH is 2. The number of nitrogens with one attached hydrogen (secondary N) is 3. The van der Waals surface area contributed by atoms with Crippen LogP contribution in [-0.4, -0.2) is 43.4 Å². The minimum atomic E-state index is -0.882. The molecule has 8 nitrogen and oxygen atoms in total. The molecule has 1 aliphatic carbocycles. The molecular weight excluding hydrogens is 298 g/mol. The lowest BCUT2D eigenvalue weighted by molar-refractivity contribution is 0.0441. The molecule has 0 fully saturated rings. The number of halogens is 1. The molecule has 0 amide bonds. The van der Waals surface area contributed by atoms with Crippen molar-refractivity contribution in [2.45, 2.75) is 24.8 Å². The Labute approximate surface area is 125 Å². The third-order valence-electron chi connectivity index (χ3n) is 3.40. The second-order valence-electron chi connectivity index (χ2n) is 4.76. The Morgan fingerprint density at radius 3 is 2.81 bits per heavy atom. The highest BCUT2D eigenvalue weighted by molar-refractivity contribution is 5.85. The van der Waals surface area contributed by atoms with E-state index in [4.69, 9.17) is 5.73 Å². The summed E-state index contributed by atoms with van der Waals surface area (Å²) in [6.45, 7) is 0.355. The Bertz CT molecular complexity index is 725. The lowest BCUT2D eigenvalue weighted by Gasteiger charge is -2.17. The molecule has 2 heterocycles. The normalized spacial score (nSPS) is 24.4. The van der Waals surface area contributed by atoms with Crippen LogP contribution >= 0.6 is 12.4 Å². The Morgan fingerprint density at radius 2 is 2.14 bits per heavy atom. The first-order valence-electron chi connectivity index (χ1n) is 6.20. The van der Waals surface area contributed by atoms with E-state index in [0.29, 0.717) is 17.6 Å². The van der Waals surface area contributed by atoms with Gasteiger partial charge in [-0.1, -0.05) is 12.2 Å². The monoisotopic (exact) mass is 313 g/mol. The van der Waals surface area contributed by atoms with E-state index in [9.17, 15) is 15.0 Å². The van der Waals surface area contributed by atoms with Crippen molar-refractivity contribution in [3.8, 4) is 0 Å². The van der Waals surface area contributed by atoms with Gasteiger partial charge in [0.15, 0.2) is 0 Å². The van der Waals surface area contributed by atoms with E-state index >= 15 is 0 Å². The van der Waals surface area contributed by atoms with Gasteiger partial charge >= 0.3 is 0 Å². The summed E-state index contributed by atoms with van der Waals surface area (Å²) in [6.07, 6.45) is 3.16. The van der Waals surface area contributed by atoms with Gasteiger partial charge in [0.05, 0.1) is 17.5 Å². The molecule has 0 saturated carbocycles. The quantitative estimate of drug-likeness (QED) is 0.402. The van der Waals surface area contributed by atoms with Crippen LogP contribution in [-0.2, 0) is 6.54 Å². The predicted molar refractivity (Wildman–Crippen MR) is 80.2 cm³/mol. The van der Waals surface area contributed by atoms with Gasteiger partial charge in [-0.25, -0.2) is 0 Å². The van der Waals surface area contributed by atoms with Gasteiger partial charge in [-0.15, -0.1) is 12.4 Å². The molecule has 2 aromatic heterocycles. The molecule has 0 aliphatic heterocycles. The summed E-state index contributed by atoms with van der Waals surface area (Å²) in [7, 11) is 0. The van der Waals surface area contributed by atoms with Crippen LogP contribution in [0.3, 0.4) is 0 Å². The van der Waals surface area contributed by atoms with Crippen LogP contribution in [0.15, 0.2) is 23.1 Å². The summed E-state index contributed by atoms with van der Waals surface area (Å²) in [5.41, 5.74) is 6.30. The minimum Gasteiger partial charge on any atom is -0.388 e. The van der Waals surface area contributed by atoms with Gasteiger partial charge in [0.25, 0.3) is 5.56 Å². The molecule has 1 aliphatic rings. The Kier molecular flexibility index (Phi) is 4.33. The second-order valence-corrected chi connectivity index (χ2v) is 4.76. The number of H-pyrrole nitrogens is 2. The van der Waals surface area contributed by atoms with E-state index in [-0.39, 0.29) is 30.0 Å². The Morgan fingerprint density at radius 1 is 1.38 bits per heavy atom. The molecule has 7 N–H and O–H groups in total. The standard InChI is InChI=1S/C12H15N5O3.ClH/c13-12-16-10-8(11(20)17-12)5(4-15-10)3-14-6-1-2-7(18)9(6)19;/h1-2,4,6-7,9,14,18-19H,3H2,(H4,13,15,16,17,20);1H/t6-,7-,9+;/m0./s1. The summed E-state index contributed by atoms with van der Waals surface area (Å²) in [6, 6.07) is -0.351. The third-order valence-corrected chi connectivity index (χ3v) is 3.40. The van der Waals surface area contributed by atoms with E-state index in [1.807, 2.05) is 0 Å². The molecule has 0 unspecified atom stereocenters. The molecule has 0 bridgehead atoms. The van der Waals surface area contributed by atoms with Crippen LogP contribution in [0.4, 0.5) is 5.95 Å². The highest BCUT2D eigenvalue weighted by atomic mass is 35.5. The van der Waals surface area contributed by atoms with Crippen molar-refractivity contribution in [3.05, 3.63) is 34.3 Å². The van der Waals surface area contributed by atoms with E-state index in [1.54, 1.807) is 12.3 Å². The van der Waals surface area contributed by atoms with Gasteiger partial charge in [0.1, 0.15) is 11.8 Å². The molecule has 2 aromatic rings. The molecule has 114 valence electrons. The molecular formula is C12H16ClN5O3. The van der Waals surface area contributed by atoms with Crippen LogP contribution in [0, 0.1) is 0 Å². The number of aliphatic hydroxyl groups is 2. The number of nitrogens with zero attached hydrogens (tertiary/aromatic N) is 1. The molecule has 0 saturated heterocycles. The van der Waals surface area contributed by atoms with Gasteiger partial charge < -0.3 is 26.2 Å². The zero-order valence-corrected chi connectivity index (χ0v) is 11.7. The maximum absolute atomic E-state index is 11.9. The summed E-state index contributed by atoms with van der Waals surface area (Å²) in [5.74, 6) is 0.0566. The molecule has 0 spiro atoms. The van der Waals surface area contributed by atoms with Crippen LogP contribution in [0.1, 0.15) is 5.56 Å². The molecule has 3 atom stereocenters. The van der Waals surface area contributed by atoms with Gasteiger partial charge in [-0.3, -0.25) is 9.78 Å². The highest BCUT2D eigenvalue weighted by Crippen LogP contribution is 2.15. The fraction of sp³-hybridized carbons (Fsp3) is 0.333. The van der Waals surface area contributed by atoms with Crippen molar-refractivity contribution in [2.75, 3.05) is 5.73 Å². The number of rotatable bonds is 3. The number of hydrogen-bond acceptors (Lipinski definition) is 6. The average molecular weight is 314 g/mol. The van der Waals surface area contributed by atoms with E-state index in [0.717, 1.165) is 5.56 Å². The third kappa shape index (κ3) is 2.79. The van der Waals surface area contributed by atoms with Crippen molar-refractivity contribution in [1.82, 2.24) is 20.3 Å². The first-order valence-corrected chi connectivity index (χ1v) is 6.20. The lowest BCUT2D eigenvalue weighted by Crippen LogP contribution is -2.40. The summed E-state index contributed by atoms with van der Waals surface area (Å²) >= 11 is 0. The molecule has 21 heavy (non-hydrogen) atoms. The van der Waals surface area contributed by atoms with Crippen molar-refractivity contribution in [2.24, 2.45) is 0 Å². The number of nitrogen functional groups attached to an aromatic ring is 1. The number of fused-ring (bicyclic) bond motifs is 1. The average Bonchev–Trinajstić information content (AvgIpc) is 2.93. The van der Waals surface area contributed by atoms with Crippen LogP contribution in [0.5, 0.6) is 0 Å². The SMILES string of the molecule is Cl.Nc1nc2[nH]cc(CN[C@H]3C=C[C@H](O)[C@@H]3O)c2c(=O)[nH]1. The van der Waals surface area contributed by atoms with Crippen molar-refractivity contribution >= 4 is 29.4 Å².